The van der Waals surface area contributed by atoms with Crippen molar-refractivity contribution in [2.75, 3.05) is 49.2 Å². The molecule has 0 amide bonds. The third-order valence-corrected chi connectivity index (χ3v) is 5.50. The Labute approximate surface area is 184 Å². The molecule has 3 N–H and O–H groups in total. The van der Waals surface area contributed by atoms with E-state index >= 15 is 0 Å². The number of benzene rings is 2. The number of nitrogens with one attached hydrogen (secondary N) is 1. The van der Waals surface area contributed by atoms with Gasteiger partial charge in [0.1, 0.15) is 5.82 Å². The van der Waals surface area contributed by atoms with Crippen molar-refractivity contribution in [1.29, 1.82) is 0 Å². The van der Waals surface area contributed by atoms with Crippen molar-refractivity contribution in [2.24, 2.45) is 0 Å². The van der Waals surface area contributed by atoms with Gasteiger partial charge >= 0.3 is 6.18 Å². The molecule has 32 heavy (non-hydrogen) atoms. The van der Waals surface area contributed by atoms with E-state index in [-0.39, 0.29) is 12.5 Å². The lowest BCUT2D eigenvalue weighted by Gasteiger charge is -2.34. The van der Waals surface area contributed by atoms with E-state index in [1.54, 1.807) is 12.1 Å². The van der Waals surface area contributed by atoms with Gasteiger partial charge in [-0.3, -0.25) is 0 Å². The molecule has 1 aliphatic rings. The molecule has 0 radical (unpaired) electrons. The van der Waals surface area contributed by atoms with Crippen LogP contribution in [0.1, 0.15) is 11.1 Å². The molecule has 3 aromatic rings. The van der Waals surface area contributed by atoms with Crippen molar-refractivity contribution in [1.82, 2.24) is 14.9 Å². The fourth-order valence-corrected chi connectivity index (χ4v) is 3.66. The first-order valence-corrected chi connectivity index (χ1v) is 10.4. The van der Waals surface area contributed by atoms with E-state index < -0.39 is 11.7 Å². The van der Waals surface area contributed by atoms with Crippen molar-refractivity contribution < 1.29 is 13.2 Å². The molecule has 0 saturated carbocycles. The number of piperazine rings is 1. The number of halogens is 3. The van der Waals surface area contributed by atoms with Gasteiger partial charge in [-0.2, -0.15) is 18.2 Å². The quantitative estimate of drug-likeness (QED) is 0.620. The van der Waals surface area contributed by atoms with Crippen LogP contribution in [0.3, 0.4) is 0 Å². The lowest BCUT2D eigenvalue weighted by molar-refractivity contribution is -0.137. The molecule has 168 valence electrons. The first-order chi connectivity index (χ1) is 15.3. The smallest absolute Gasteiger partial charge is 0.369 e. The van der Waals surface area contributed by atoms with Crippen LogP contribution in [0.2, 0.25) is 0 Å². The van der Waals surface area contributed by atoms with Crippen molar-refractivity contribution in [3.8, 4) is 11.3 Å². The highest BCUT2D eigenvalue weighted by Crippen LogP contribution is 2.30. The topological polar surface area (TPSA) is 70.3 Å². The van der Waals surface area contributed by atoms with E-state index in [1.165, 1.54) is 6.07 Å². The molecular formula is C23H25F3N6. The summed E-state index contributed by atoms with van der Waals surface area (Å²) >= 11 is 0. The Morgan fingerprint density at radius 2 is 1.69 bits per heavy atom. The molecule has 2 heterocycles. The molecule has 2 aromatic carbocycles. The van der Waals surface area contributed by atoms with Gasteiger partial charge < -0.3 is 20.9 Å². The Hall–Kier alpha value is -3.33. The maximum Gasteiger partial charge on any atom is 0.416 e. The summed E-state index contributed by atoms with van der Waals surface area (Å²) in [6.45, 7) is 4.22. The van der Waals surface area contributed by atoms with Crippen molar-refractivity contribution in [3.05, 3.63) is 65.7 Å². The number of hydrogen-bond acceptors (Lipinski definition) is 6. The maximum absolute atomic E-state index is 12.9. The minimum Gasteiger partial charge on any atom is -0.369 e. The normalized spacial score (nSPS) is 15.1. The number of nitrogens with two attached hydrogens (primary N) is 1. The molecular weight excluding hydrogens is 417 g/mol. The minimum atomic E-state index is -4.38. The largest absolute Gasteiger partial charge is 0.416 e. The second-order valence-corrected chi connectivity index (χ2v) is 7.89. The average molecular weight is 442 g/mol. The number of hydrogen-bond donors (Lipinski definition) is 2. The van der Waals surface area contributed by atoms with Crippen LogP contribution in [0, 0.1) is 0 Å². The summed E-state index contributed by atoms with van der Waals surface area (Å²) < 4.78 is 38.8. The Morgan fingerprint density at radius 3 is 2.38 bits per heavy atom. The number of rotatable bonds is 5. The van der Waals surface area contributed by atoms with Gasteiger partial charge in [0.05, 0.1) is 11.3 Å². The van der Waals surface area contributed by atoms with Gasteiger partial charge in [-0.25, -0.2) is 4.98 Å². The van der Waals surface area contributed by atoms with E-state index in [2.05, 4.69) is 44.3 Å². The molecule has 0 aliphatic carbocycles. The van der Waals surface area contributed by atoms with Crippen molar-refractivity contribution in [2.45, 2.75) is 12.7 Å². The van der Waals surface area contributed by atoms with E-state index in [1.807, 2.05) is 12.1 Å². The third-order valence-electron chi connectivity index (χ3n) is 5.50. The first-order valence-electron chi connectivity index (χ1n) is 10.4. The first kappa shape index (κ1) is 21.9. The zero-order valence-corrected chi connectivity index (χ0v) is 17.7. The fourth-order valence-electron chi connectivity index (χ4n) is 3.66. The summed E-state index contributed by atoms with van der Waals surface area (Å²) in [6.07, 6.45) is -4.38. The second-order valence-electron chi connectivity index (χ2n) is 7.89. The molecule has 6 nitrogen and oxygen atoms in total. The highest BCUT2D eigenvalue weighted by atomic mass is 19.4. The summed E-state index contributed by atoms with van der Waals surface area (Å²) in [5, 5.41) is 3.05. The van der Waals surface area contributed by atoms with E-state index in [0.29, 0.717) is 17.1 Å². The molecule has 1 aliphatic heterocycles. The van der Waals surface area contributed by atoms with Gasteiger partial charge in [0.15, 0.2) is 0 Å². The van der Waals surface area contributed by atoms with Crippen LogP contribution in [0.4, 0.5) is 30.6 Å². The van der Waals surface area contributed by atoms with Crippen LogP contribution in [-0.4, -0.2) is 48.1 Å². The Bertz CT molecular complexity index is 1060. The number of alkyl halides is 3. The van der Waals surface area contributed by atoms with Gasteiger partial charge in [-0.05, 0) is 36.9 Å². The Morgan fingerprint density at radius 1 is 0.969 bits per heavy atom. The number of nitrogen functional groups attached to an aromatic ring is 1. The zero-order valence-electron chi connectivity index (χ0n) is 17.7. The molecule has 4 rings (SSSR count). The minimum absolute atomic E-state index is 0.0946. The fraction of sp³-hybridized carbons (Fsp3) is 0.304. The molecule has 1 fully saturated rings. The second kappa shape index (κ2) is 9.04. The van der Waals surface area contributed by atoms with E-state index in [0.717, 1.165) is 49.6 Å². The summed E-state index contributed by atoms with van der Waals surface area (Å²) in [4.78, 5) is 13.1. The number of aromatic nitrogens is 2. The molecule has 9 heteroatoms. The van der Waals surface area contributed by atoms with Crippen LogP contribution in [0.5, 0.6) is 0 Å². The summed E-state index contributed by atoms with van der Waals surface area (Å²) in [5.74, 6) is 0.547. The molecule has 1 aromatic heterocycles. The van der Waals surface area contributed by atoms with Crippen LogP contribution in [0.15, 0.2) is 54.6 Å². The lowest BCUT2D eigenvalue weighted by atomic mass is 10.1. The molecule has 0 bridgehead atoms. The van der Waals surface area contributed by atoms with Crippen LogP contribution in [0.25, 0.3) is 11.3 Å². The predicted molar refractivity (Wildman–Crippen MR) is 120 cm³/mol. The van der Waals surface area contributed by atoms with Crippen molar-refractivity contribution >= 4 is 17.5 Å². The molecule has 0 spiro atoms. The van der Waals surface area contributed by atoms with Gasteiger partial charge in [-0.15, -0.1) is 0 Å². The molecule has 0 unspecified atom stereocenters. The Kier molecular flexibility index (Phi) is 6.18. The SMILES string of the molecule is CN1CCN(c2ccc(-c3cc(NCc4cccc(C(F)(F)F)c4)nc(N)n3)cc2)CC1. The van der Waals surface area contributed by atoms with Gasteiger partial charge in [0.2, 0.25) is 5.95 Å². The maximum atomic E-state index is 12.9. The summed E-state index contributed by atoms with van der Waals surface area (Å²) in [7, 11) is 2.12. The highest BCUT2D eigenvalue weighted by molar-refractivity contribution is 5.66. The monoisotopic (exact) mass is 442 g/mol. The predicted octanol–water partition coefficient (Wildman–Crippen LogP) is 4.11. The van der Waals surface area contributed by atoms with Crippen LogP contribution >= 0.6 is 0 Å². The summed E-state index contributed by atoms with van der Waals surface area (Å²) in [5.41, 5.74) is 8.39. The number of anilines is 3. The van der Waals surface area contributed by atoms with Gasteiger partial charge in [0, 0.05) is 50.0 Å². The highest BCUT2D eigenvalue weighted by Gasteiger charge is 2.30. The summed E-state index contributed by atoms with van der Waals surface area (Å²) in [6, 6.07) is 15.0. The van der Waals surface area contributed by atoms with E-state index in [4.69, 9.17) is 5.73 Å². The molecule has 1 saturated heterocycles. The number of likely N-dealkylation sites (N-methyl/N-ethyl adjacent to an activating group) is 1. The zero-order chi connectivity index (χ0) is 22.7. The van der Waals surface area contributed by atoms with Crippen LogP contribution < -0.4 is 16.0 Å². The van der Waals surface area contributed by atoms with Crippen LogP contribution in [-0.2, 0) is 12.7 Å². The van der Waals surface area contributed by atoms with E-state index in [9.17, 15) is 13.2 Å². The van der Waals surface area contributed by atoms with Gasteiger partial charge in [-0.1, -0.05) is 24.3 Å². The molecule has 0 atom stereocenters. The van der Waals surface area contributed by atoms with Crippen molar-refractivity contribution in [3.63, 3.8) is 0 Å². The van der Waals surface area contributed by atoms with Gasteiger partial charge in [0.25, 0.3) is 0 Å². The Balaban J connectivity index is 1.47. The standard InChI is InChI=1S/C23H25F3N6/c1-31-9-11-32(12-10-31)19-7-5-17(6-8-19)20-14-21(30-22(27)29-20)28-15-16-3-2-4-18(13-16)23(24,25)26/h2-8,13-14H,9-12,15H2,1H3,(H3,27,28,29,30). The average Bonchev–Trinajstić information content (AvgIpc) is 2.78. The third kappa shape index (κ3) is 5.28. The number of nitrogens with zero attached hydrogens (tertiary/aromatic N) is 4. The lowest BCUT2D eigenvalue weighted by Crippen LogP contribution is -2.44.